The van der Waals surface area contributed by atoms with E-state index in [0.717, 1.165) is 77.0 Å². The first-order valence-corrected chi connectivity index (χ1v) is 22.7. The highest BCUT2D eigenvalue weighted by molar-refractivity contribution is 7.47. The maximum absolute atomic E-state index is 12.8. The number of phosphoric ester groups is 1. The quantitative estimate of drug-likeness (QED) is 0.0252. The fourth-order valence-electron chi connectivity index (χ4n) is 5.62. The monoisotopic (exact) mass is 766 g/mol. The van der Waals surface area contributed by atoms with E-state index in [1.165, 1.54) is 64.2 Å². The molecule has 0 fully saturated rings. The third-order valence-electron chi connectivity index (χ3n) is 8.99. The van der Waals surface area contributed by atoms with Crippen LogP contribution in [0.1, 0.15) is 162 Å². The zero-order valence-electron chi connectivity index (χ0n) is 34.7. The number of hydrogen-bond donors (Lipinski definition) is 3. The Bertz CT molecular complexity index is 1050. The van der Waals surface area contributed by atoms with E-state index < -0.39 is 20.0 Å². The Morgan fingerprint density at radius 2 is 1.13 bits per heavy atom. The van der Waals surface area contributed by atoms with Crippen LogP contribution in [0.2, 0.25) is 0 Å². The number of likely N-dealkylation sites (N-methyl/N-ethyl adjacent to an activating group) is 1. The van der Waals surface area contributed by atoms with E-state index in [-0.39, 0.29) is 19.1 Å². The molecule has 0 aromatic heterocycles. The average molecular weight is 766 g/mol. The van der Waals surface area contributed by atoms with Crippen LogP contribution in [0.5, 0.6) is 0 Å². The third-order valence-corrected chi connectivity index (χ3v) is 9.98. The molecule has 0 saturated heterocycles. The summed E-state index contributed by atoms with van der Waals surface area (Å²) in [7, 11) is 1.55. The van der Waals surface area contributed by atoms with E-state index in [4.69, 9.17) is 9.05 Å². The molecular weight excluding hydrogens is 683 g/mol. The first-order chi connectivity index (χ1) is 25.5. The molecule has 9 heteroatoms. The highest BCUT2D eigenvalue weighted by Crippen LogP contribution is 2.43. The number of amides is 1. The van der Waals surface area contributed by atoms with Crippen molar-refractivity contribution in [2.24, 2.45) is 0 Å². The Balaban J connectivity index is 4.47. The van der Waals surface area contributed by atoms with Crippen molar-refractivity contribution < 1.29 is 32.9 Å². The van der Waals surface area contributed by atoms with Crippen LogP contribution >= 0.6 is 7.82 Å². The van der Waals surface area contributed by atoms with Gasteiger partial charge in [-0.05, 0) is 57.8 Å². The summed E-state index contributed by atoms with van der Waals surface area (Å²) in [5.41, 5.74) is 0. The number of aliphatic hydroxyl groups is 1. The Morgan fingerprint density at radius 1 is 0.660 bits per heavy atom. The fraction of sp³-hybridized carbons (Fsp3) is 0.750. The largest absolute Gasteiger partial charge is 0.472 e. The zero-order valence-corrected chi connectivity index (χ0v) is 35.6. The molecule has 0 heterocycles. The van der Waals surface area contributed by atoms with Gasteiger partial charge in [0.1, 0.15) is 13.2 Å². The number of nitrogens with zero attached hydrogens (tertiary/aromatic N) is 1. The van der Waals surface area contributed by atoms with Gasteiger partial charge in [-0.1, -0.05) is 158 Å². The van der Waals surface area contributed by atoms with Crippen LogP contribution in [0.25, 0.3) is 0 Å². The Kier molecular flexibility index (Phi) is 34.7. The number of rotatable bonds is 37. The van der Waals surface area contributed by atoms with Crippen LogP contribution in [0.3, 0.4) is 0 Å². The summed E-state index contributed by atoms with van der Waals surface area (Å²) in [5, 5.41) is 13.8. The molecule has 0 aliphatic rings. The van der Waals surface area contributed by atoms with Crippen molar-refractivity contribution in [3.63, 3.8) is 0 Å². The Morgan fingerprint density at radius 3 is 1.66 bits per heavy atom. The van der Waals surface area contributed by atoms with E-state index in [0.29, 0.717) is 17.4 Å². The second-order valence-electron chi connectivity index (χ2n) is 15.3. The summed E-state index contributed by atoms with van der Waals surface area (Å²) in [6.07, 6.45) is 45.7. The number of phosphoric acid groups is 1. The topological polar surface area (TPSA) is 105 Å². The molecule has 0 aromatic carbocycles. The fourth-order valence-corrected chi connectivity index (χ4v) is 6.35. The molecule has 0 aliphatic heterocycles. The number of allylic oxidation sites excluding steroid dienone is 9. The van der Waals surface area contributed by atoms with Crippen LogP contribution in [0.4, 0.5) is 0 Å². The van der Waals surface area contributed by atoms with Crippen LogP contribution in [-0.2, 0) is 18.4 Å². The molecule has 3 N–H and O–H groups in total. The minimum absolute atomic E-state index is 0.0556. The highest BCUT2D eigenvalue weighted by atomic mass is 31.2. The van der Waals surface area contributed by atoms with Gasteiger partial charge in [0.15, 0.2) is 0 Å². The molecule has 0 saturated carbocycles. The lowest BCUT2D eigenvalue weighted by molar-refractivity contribution is -0.870. The van der Waals surface area contributed by atoms with Crippen LogP contribution in [0, 0.1) is 0 Å². The number of aliphatic hydroxyl groups excluding tert-OH is 1. The zero-order chi connectivity index (χ0) is 39.3. The maximum Gasteiger partial charge on any atom is 0.472 e. The molecular formula is C44H82N2O6P+. The van der Waals surface area contributed by atoms with Gasteiger partial charge < -0.3 is 19.8 Å². The lowest BCUT2D eigenvalue weighted by atomic mass is 10.1. The SMILES string of the molecule is CC/C=C\C/C=C\C/C=C\C/C=C\CCCCCCCCC(=O)NC(COP(=O)(O)OCC[N+](C)(C)C)C(O)/C=C/CCCCCCCCCCCC. The third kappa shape index (κ3) is 38.3. The van der Waals surface area contributed by atoms with Gasteiger partial charge in [0.05, 0.1) is 39.9 Å². The molecule has 308 valence electrons. The highest BCUT2D eigenvalue weighted by Gasteiger charge is 2.27. The molecule has 0 spiro atoms. The van der Waals surface area contributed by atoms with Crippen molar-refractivity contribution in [2.45, 2.75) is 174 Å². The van der Waals surface area contributed by atoms with Crippen molar-refractivity contribution in [2.75, 3.05) is 40.9 Å². The molecule has 0 aliphatic carbocycles. The summed E-state index contributed by atoms with van der Waals surface area (Å²) in [6, 6.07) is -0.854. The van der Waals surface area contributed by atoms with E-state index in [1.807, 2.05) is 27.2 Å². The van der Waals surface area contributed by atoms with E-state index in [9.17, 15) is 19.4 Å². The summed E-state index contributed by atoms with van der Waals surface area (Å²) in [5.74, 6) is -0.196. The van der Waals surface area contributed by atoms with Crippen molar-refractivity contribution in [1.29, 1.82) is 0 Å². The lowest BCUT2D eigenvalue weighted by Gasteiger charge is -2.25. The lowest BCUT2D eigenvalue weighted by Crippen LogP contribution is -2.45. The molecule has 0 radical (unpaired) electrons. The summed E-state index contributed by atoms with van der Waals surface area (Å²) in [6.45, 7) is 4.66. The molecule has 53 heavy (non-hydrogen) atoms. The minimum Gasteiger partial charge on any atom is -0.387 e. The number of carbonyl (C=O) groups excluding carboxylic acids is 1. The summed E-state index contributed by atoms with van der Waals surface area (Å²) < 4.78 is 23.5. The number of nitrogens with one attached hydrogen (secondary N) is 1. The van der Waals surface area contributed by atoms with Gasteiger partial charge in [0.25, 0.3) is 0 Å². The molecule has 8 nitrogen and oxygen atoms in total. The van der Waals surface area contributed by atoms with Gasteiger partial charge in [-0.2, -0.15) is 0 Å². The van der Waals surface area contributed by atoms with Gasteiger partial charge >= 0.3 is 7.82 Å². The normalized spacial score (nSPS) is 15.1. The van der Waals surface area contributed by atoms with E-state index in [1.54, 1.807) is 6.08 Å². The molecule has 0 rings (SSSR count). The van der Waals surface area contributed by atoms with Crippen molar-refractivity contribution in [3.05, 3.63) is 60.8 Å². The predicted octanol–water partition coefficient (Wildman–Crippen LogP) is 11.5. The number of unbranched alkanes of at least 4 members (excludes halogenated alkanes) is 16. The van der Waals surface area contributed by atoms with Crippen molar-refractivity contribution in [3.8, 4) is 0 Å². The first kappa shape index (κ1) is 51.2. The van der Waals surface area contributed by atoms with Crippen LogP contribution in [-0.4, -0.2) is 73.4 Å². The van der Waals surface area contributed by atoms with Gasteiger partial charge in [-0.15, -0.1) is 0 Å². The van der Waals surface area contributed by atoms with Gasteiger partial charge in [0.2, 0.25) is 5.91 Å². The average Bonchev–Trinajstić information content (AvgIpc) is 3.10. The van der Waals surface area contributed by atoms with Crippen LogP contribution in [0.15, 0.2) is 60.8 Å². The second-order valence-corrected chi connectivity index (χ2v) is 16.8. The van der Waals surface area contributed by atoms with Crippen molar-refractivity contribution in [1.82, 2.24) is 5.32 Å². The van der Waals surface area contributed by atoms with Crippen LogP contribution < -0.4 is 5.32 Å². The van der Waals surface area contributed by atoms with E-state index >= 15 is 0 Å². The predicted molar refractivity (Wildman–Crippen MR) is 226 cm³/mol. The molecule has 3 unspecified atom stereocenters. The summed E-state index contributed by atoms with van der Waals surface area (Å²) in [4.78, 5) is 23.1. The number of carbonyl (C=O) groups is 1. The standard InChI is InChI=1S/C44H81N2O6P/c1-6-8-10-12-14-16-18-20-21-22-23-24-25-26-28-30-32-34-36-38-44(48)45-42(41-52-53(49,50)51-40-39-46(3,4)5)43(47)37-35-33-31-29-27-19-17-15-13-11-9-7-2/h8,10,14,16,20-21,23-24,35,37,42-43,47H,6-7,9,11-13,15,17-19,22,25-34,36,38-41H2,1-5H3,(H-,45,48,49,50)/p+1/b10-8-,16-14-,21-20-,24-23-,37-35+. The van der Waals surface area contributed by atoms with Crippen molar-refractivity contribution >= 4 is 13.7 Å². The summed E-state index contributed by atoms with van der Waals surface area (Å²) >= 11 is 0. The smallest absolute Gasteiger partial charge is 0.387 e. The number of quaternary nitrogens is 1. The van der Waals surface area contributed by atoms with Gasteiger partial charge in [-0.25, -0.2) is 4.57 Å². The van der Waals surface area contributed by atoms with Gasteiger partial charge in [-0.3, -0.25) is 13.8 Å². The second kappa shape index (κ2) is 35.9. The Labute approximate surface area is 326 Å². The van der Waals surface area contributed by atoms with E-state index in [2.05, 4.69) is 67.8 Å². The first-order valence-electron chi connectivity index (χ1n) is 21.2. The van der Waals surface area contributed by atoms with Gasteiger partial charge in [0, 0.05) is 6.42 Å². The molecule has 1 amide bonds. The number of hydrogen-bond acceptors (Lipinski definition) is 5. The molecule has 0 aromatic rings. The minimum atomic E-state index is -4.34. The maximum atomic E-state index is 12.8. The molecule has 3 atom stereocenters. The molecule has 0 bridgehead atoms. The Hall–Kier alpha value is -1.80.